The van der Waals surface area contributed by atoms with E-state index in [1.165, 1.54) is 11.3 Å². The third-order valence-electron chi connectivity index (χ3n) is 2.25. The standard InChI is InChI=1S/C11H14N2/c1-10-7-8-13(12-10)9-11-5-3-2-4-6-11/h2-6H,7-9H2,1H3. The van der Waals surface area contributed by atoms with E-state index in [0.29, 0.717) is 0 Å². The summed E-state index contributed by atoms with van der Waals surface area (Å²) in [6.07, 6.45) is 1.12. The second kappa shape index (κ2) is 3.60. The Morgan fingerprint density at radius 2 is 2.08 bits per heavy atom. The van der Waals surface area contributed by atoms with Crippen molar-refractivity contribution in [2.75, 3.05) is 6.54 Å². The van der Waals surface area contributed by atoms with E-state index in [4.69, 9.17) is 0 Å². The highest BCUT2D eigenvalue weighted by Crippen LogP contribution is 2.10. The van der Waals surface area contributed by atoms with E-state index in [-0.39, 0.29) is 0 Å². The highest BCUT2D eigenvalue weighted by atomic mass is 15.5. The van der Waals surface area contributed by atoms with Gasteiger partial charge in [-0.15, -0.1) is 0 Å². The van der Waals surface area contributed by atoms with Gasteiger partial charge in [-0.2, -0.15) is 5.10 Å². The summed E-state index contributed by atoms with van der Waals surface area (Å²) in [5, 5.41) is 6.56. The molecule has 1 aromatic rings. The van der Waals surface area contributed by atoms with Gasteiger partial charge in [0.2, 0.25) is 0 Å². The SMILES string of the molecule is CC1=NN(Cc2ccccc2)CC1. The first-order valence-corrected chi connectivity index (χ1v) is 4.67. The molecule has 2 heteroatoms. The Hall–Kier alpha value is -1.31. The Labute approximate surface area is 78.9 Å². The van der Waals surface area contributed by atoms with Crippen LogP contribution < -0.4 is 0 Å². The fourth-order valence-corrected chi connectivity index (χ4v) is 1.54. The summed E-state index contributed by atoms with van der Waals surface area (Å²) < 4.78 is 0. The van der Waals surface area contributed by atoms with Gasteiger partial charge in [0.1, 0.15) is 0 Å². The Bertz CT molecular complexity index is 303. The minimum atomic E-state index is 0.943. The molecular formula is C11H14N2. The molecule has 0 saturated heterocycles. The van der Waals surface area contributed by atoms with E-state index < -0.39 is 0 Å². The second-order valence-corrected chi connectivity index (χ2v) is 3.46. The van der Waals surface area contributed by atoms with Crippen molar-refractivity contribution >= 4 is 5.71 Å². The van der Waals surface area contributed by atoms with E-state index >= 15 is 0 Å². The van der Waals surface area contributed by atoms with Crippen LogP contribution in [0, 0.1) is 0 Å². The predicted molar refractivity (Wildman–Crippen MR) is 54.6 cm³/mol. The molecule has 0 aromatic heterocycles. The predicted octanol–water partition coefficient (Wildman–Crippen LogP) is 2.27. The lowest BCUT2D eigenvalue weighted by molar-refractivity contribution is 0.310. The zero-order valence-electron chi connectivity index (χ0n) is 7.90. The van der Waals surface area contributed by atoms with Crippen LogP contribution in [-0.2, 0) is 6.54 Å². The minimum Gasteiger partial charge on any atom is -0.292 e. The molecule has 2 rings (SSSR count). The fourth-order valence-electron chi connectivity index (χ4n) is 1.54. The van der Waals surface area contributed by atoms with Gasteiger partial charge in [-0.1, -0.05) is 30.3 Å². The summed E-state index contributed by atoms with van der Waals surface area (Å²) in [4.78, 5) is 0. The van der Waals surface area contributed by atoms with Gasteiger partial charge >= 0.3 is 0 Å². The Balaban J connectivity index is 2.00. The van der Waals surface area contributed by atoms with Crippen molar-refractivity contribution < 1.29 is 0 Å². The molecule has 1 heterocycles. The average Bonchev–Trinajstić information content (AvgIpc) is 2.53. The summed E-state index contributed by atoms with van der Waals surface area (Å²) in [5.74, 6) is 0. The van der Waals surface area contributed by atoms with Crippen LogP contribution >= 0.6 is 0 Å². The van der Waals surface area contributed by atoms with E-state index in [1.807, 2.05) is 6.07 Å². The molecule has 0 bridgehead atoms. The van der Waals surface area contributed by atoms with Crippen LogP contribution in [0.15, 0.2) is 35.4 Å². The Kier molecular flexibility index (Phi) is 2.30. The number of hydrazone groups is 1. The first kappa shape index (κ1) is 8.30. The van der Waals surface area contributed by atoms with Crippen molar-refractivity contribution in [3.05, 3.63) is 35.9 Å². The van der Waals surface area contributed by atoms with E-state index in [1.54, 1.807) is 0 Å². The lowest BCUT2D eigenvalue weighted by atomic mass is 10.2. The van der Waals surface area contributed by atoms with Crippen molar-refractivity contribution in [3.63, 3.8) is 0 Å². The lowest BCUT2D eigenvalue weighted by Crippen LogP contribution is -2.12. The summed E-state index contributed by atoms with van der Waals surface area (Å²) in [6, 6.07) is 10.5. The molecular weight excluding hydrogens is 160 g/mol. The third-order valence-corrected chi connectivity index (χ3v) is 2.25. The molecule has 0 aliphatic carbocycles. The van der Waals surface area contributed by atoms with Gasteiger partial charge in [-0.3, -0.25) is 5.01 Å². The monoisotopic (exact) mass is 174 g/mol. The van der Waals surface area contributed by atoms with E-state index in [2.05, 4.69) is 41.3 Å². The number of nitrogens with zero attached hydrogens (tertiary/aromatic N) is 2. The topological polar surface area (TPSA) is 15.6 Å². The first-order valence-electron chi connectivity index (χ1n) is 4.67. The van der Waals surface area contributed by atoms with Gasteiger partial charge in [0.05, 0.1) is 6.54 Å². The second-order valence-electron chi connectivity index (χ2n) is 3.46. The molecule has 0 radical (unpaired) electrons. The molecule has 1 aliphatic heterocycles. The van der Waals surface area contributed by atoms with Gasteiger partial charge in [0.25, 0.3) is 0 Å². The van der Waals surface area contributed by atoms with Gasteiger partial charge in [0, 0.05) is 18.7 Å². The largest absolute Gasteiger partial charge is 0.292 e. The molecule has 0 amide bonds. The molecule has 1 aliphatic rings. The summed E-state index contributed by atoms with van der Waals surface area (Å²) in [6.45, 7) is 4.10. The van der Waals surface area contributed by atoms with Crippen LogP contribution in [0.4, 0.5) is 0 Å². The van der Waals surface area contributed by atoms with Gasteiger partial charge in [-0.05, 0) is 12.5 Å². The lowest BCUT2D eigenvalue weighted by Gasteiger charge is -2.12. The highest BCUT2D eigenvalue weighted by molar-refractivity contribution is 5.82. The van der Waals surface area contributed by atoms with E-state index in [0.717, 1.165) is 19.5 Å². The summed E-state index contributed by atoms with van der Waals surface area (Å²) >= 11 is 0. The molecule has 0 fully saturated rings. The van der Waals surface area contributed by atoms with E-state index in [9.17, 15) is 0 Å². The molecule has 0 spiro atoms. The third kappa shape index (κ3) is 2.08. The molecule has 2 nitrogen and oxygen atoms in total. The normalized spacial score (nSPS) is 16.1. The fraction of sp³-hybridized carbons (Fsp3) is 0.364. The summed E-state index contributed by atoms with van der Waals surface area (Å²) in [5.41, 5.74) is 2.58. The molecule has 0 saturated carbocycles. The maximum absolute atomic E-state index is 4.43. The molecule has 1 aromatic carbocycles. The van der Waals surface area contributed by atoms with Gasteiger partial charge in [-0.25, -0.2) is 0 Å². The van der Waals surface area contributed by atoms with Crippen LogP contribution in [0.1, 0.15) is 18.9 Å². The maximum Gasteiger partial charge on any atom is 0.0610 e. The van der Waals surface area contributed by atoms with Gasteiger partial charge in [0.15, 0.2) is 0 Å². The zero-order valence-corrected chi connectivity index (χ0v) is 7.90. The number of rotatable bonds is 2. The van der Waals surface area contributed by atoms with Crippen LogP contribution in [0.25, 0.3) is 0 Å². The summed E-state index contributed by atoms with van der Waals surface area (Å²) in [7, 11) is 0. The van der Waals surface area contributed by atoms with Crippen LogP contribution in [0.2, 0.25) is 0 Å². The van der Waals surface area contributed by atoms with Crippen molar-refractivity contribution in [1.29, 1.82) is 0 Å². The smallest absolute Gasteiger partial charge is 0.0610 e. The minimum absolute atomic E-state index is 0.943. The Morgan fingerprint density at radius 3 is 2.69 bits per heavy atom. The molecule has 13 heavy (non-hydrogen) atoms. The number of benzene rings is 1. The van der Waals surface area contributed by atoms with Crippen LogP contribution in [-0.4, -0.2) is 17.3 Å². The average molecular weight is 174 g/mol. The number of hydrogen-bond donors (Lipinski definition) is 0. The maximum atomic E-state index is 4.43. The molecule has 0 atom stereocenters. The molecule has 0 unspecified atom stereocenters. The van der Waals surface area contributed by atoms with Gasteiger partial charge < -0.3 is 0 Å². The van der Waals surface area contributed by atoms with Crippen LogP contribution in [0.5, 0.6) is 0 Å². The zero-order chi connectivity index (χ0) is 9.10. The molecule has 0 N–H and O–H groups in total. The van der Waals surface area contributed by atoms with Crippen molar-refractivity contribution in [1.82, 2.24) is 5.01 Å². The van der Waals surface area contributed by atoms with Crippen molar-refractivity contribution in [2.24, 2.45) is 5.10 Å². The van der Waals surface area contributed by atoms with Crippen molar-refractivity contribution in [3.8, 4) is 0 Å². The quantitative estimate of drug-likeness (QED) is 0.671. The van der Waals surface area contributed by atoms with Crippen LogP contribution in [0.3, 0.4) is 0 Å². The number of hydrogen-bond acceptors (Lipinski definition) is 2. The first-order chi connectivity index (χ1) is 6.34. The Morgan fingerprint density at radius 1 is 1.31 bits per heavy atom. The molecule has 68 valence electrons. The van der Waals surface area contributed by atoms with Crippen molar-refractivity contribution in [2.45, 2.75) is 19.9 Å². The highest BCUT2D eigenvalue weighted by Gasteiger charge is 2.10.